The summed E-state index contributed by atoms with van der Waals surface area (Å²) < 4.78 is 5.23. The molecule has 1 fully saturated rings. The molecule has 1 amide bonds. The topological polar surface area (TPSA) is 41.6 Å². The molecule has 134 valence electrons. The second kappa shape index (κ2) is 5.63. The van der Waals surface area contributed by atoms with Gasteiger partial charge in [-0.15, -0.1) is 0 Å². The van der Waals surface area contributed by atoms with Crippen LogP contribution in [0.15, 0.2) is 48.5 Å². The number of amides is 1. The van der Waals surface area contributed by atoms with Gasteiger partial charge in [0, 0.05) is 11.1 Å². The molecule has 0 aromatic heterocycles. The summed E-state index contributed by atoms with van der Waals surface area (Å²) in [7, 11) is 1.66. The number of nitrogens with zero attached hydrogens (tertiary/aromatic N) is 1. The van der Waals surface area contributed by atoms with Crippen molar-refractivity contribution in [1.29, 1.82) is 0 Å². The smallest absolute Gasteiger partial charge is 0.241 e. The number of hydrogen-bond acceptors (Lipinski definition) is 3. The van der Waals surface area contributed by atoms with Gasteiger partial charge in [-0.3, -0.25) is 4.79 Å². The molecule has 0 aliphatic carbocycles. The maximum absolute atomic E-state index is 12.3. The van der Waals surface area contributed by atoms with Crippen LogP contribution >= 0.6 is 0 Å². The standard InChI is InChI=1S/C22H24N2O2/c1-15-5-10-19-18(13-15)21(2,3)22(23-20(25)14-24(19)22)12-11-16-6-8-17(26-4)9-7-16/h5-13H,14H2,1-4H3,(H,23,25)/b12-11+/t22-/m0/s1. The first kappa shape index (κ1) is 16.7. The number of aryl methyl sites for hydroxylation is 1. The number of hydrogen-bond donors (Lipinski definition) is 1. The number of methoxy groups -OCH3 is 1. The molecule has 2 aliphatic heterocycles. The second-order valence-electron chi connectivity index (χ2n) is 7.65. The predicted molar refractivity (Wildman–Crippen MR) is 104 cm³/mol. The average molecular weight is 348 g/mol. The molecule has 1 N–H and O–H groups in total. The van der Waals surface area contributed by atoms with Crippen molar-refractivity contribution in [3.8, 4) is 5.75 Å². The molecule has 26 heavy (non-hydrogen) atoms. The van der Waals surface area contributed by atoms with Crippen LogP contribution < -0.4 is 15.0 Å². The molecule has 4 nitrogen and oxygen atoms in total. The Morgan fingerprint density at radius 2 is 1.88 bits per heavy atom. The van der Waals surface area contributed by atoms with Crippen molar-refractivity contribution in [3.63, 3.8) is 0 Å². The molecular formula is C22H24N2O2. The van der Waals surface area contributed by atoms with Crippen molar-refractivity contribution in [2.45, 2.75) is 31.8 Å². The molecule has 0 bridgehead atoms. The van der Waals surface area contributed by atoms with Crippen LogP contribution in [0.2, 0.25) is 0 Å². The minimum atomic E-state index is -0.555. The Bertz CT molecular complexity index is 899. The summed E-state index contributed by atoms with van der Waals surface area (Å²) >= 11 is 0. The minimum Gasteiger partial charge on any atom is -0.497 e. The Morgan fingerprint density at radius 1 is 1.15 bits per heavy atom. The van der Waals surface area contributed by atoms with E-state index in [2.05, 4.69) is 61.3 Å². The largest absolute Gasteiger partial charge is 0.497 e. The van der Waals surface area contributed by atoms with Crippen LogP contribution in [0.4, 0.5) is 5.69 Å². The van der Waals surface area contributed by atoms with Crippen molar-refractivity contribution in [3.05, 3.63) is 65.2 Å². The normalized spacial score (nSPS) is 23.1. The Morgan fingerprint density at radius 3 is 2.58 bits per heavy atom. The molecule has 0 spiro atoms. The summed E-state index contributed by atoms with van der Waals surface area (Å²) in [4.78, 5) is 14.5. The van der Waals surface area contributed by atoms with Crippen molar-refractivity contribution in [2.75, 3.05) is 18.6 Å². The van der Waals surface area contributed by atoms with E-state index in [1.54, 1.807) is 7.11 Å². The van der Waals surface area contributed by atoms with Crippen molar-refractivity contribution in [1.82, 2.24) is 5.32 Å². The van der Waals surface area contributed by atoms with Crippen molar-refractivity contribution < 1.29 is 9.53 Å². The Hall–Kier alpha value is -2.75. The first-order valence-corrected chi connectivity index (χ1v) is 8.90. The van der Waals surface area contributed by atoms with E-state index in [4.69, 9.17) is 4.74 Å². The van der Waals surface area contributed by atoms with Gasteiger partial charge in [-0.05, 0) is 42.3 Å². The molecular weight excluding hydrogens is 324 g/mol. The first-order chi connectivity index (χ1) is 12.4. The molecule has 2 heterocycles. The lowest BCUT2D eigenvalue weighted by atomic mass is 9.75. The molecule has 4 rings (SSSR count). The van der Waals surface area contributed by atoms with Crippen molar-refractivity contribution >= 4 is 17.7 Å². The van der Waals surface area contributed by atoms with Gasteiger partial charge in [-0.2, -0.15) is 0 Å². The molecule has 1 atom stereocenters. The van der Waals surface area contributed by atoms with Gasteiger partial charge in [-0.1, -0.05) is 49.8 Å². The third kappa shape index (κ3) is 2.25. The van der Waals surface area contributed by atoms with Gasteiger partial charge in [0.1, 0.15) is 11.4 Å². The van der Waals surface area contributed by atoms with Crippen LogP contribution in [0.3, 0.4) is 0 Å². The van der Waals surface area contributed by atoms with Gasteiger partial charge in [-0.25, -0.2) is 0 Å². The van der Waals surface area contributed by atoms with E-state index in [1.165, 1.54) is 11.1 Å². The number of anilines is 1. The molecule has 1 saturated heterocycles. The van der Waals surface area contributed by atoms with E-state index in [0.29, 0.717) is 6.54 Å². The zero-order chi connectivity index (χ0) is 18.5. The third-order valence-electron chi connectivity index (χ3n) is 5.76. The summed E-state index contributed by atoms with van der Waals surface area (Å²) in [5.74, 6) is 0.892. The van der Waals surface area contributed by atoms with E-state index in [0.717, 1.165) is 17.0 Å². The van der Waals surface area contributed by atoms with Crippen LogP contribution in [-0.2, 0) is 10.2 Å². The van der Waals surface area contributed by atoms with Gasteiger partial charge >= 0.3 is 0 Å². The number of nitrogens with one attached hydrogen (secondary N) is 1. The van der Waals surface area contributed by atoms with Gasteiger partial charge < -0.3 is 15.0 Å². The molecule has 4 heteroatoms. The number of rotatable bonds is 3. The van der Waals surface area contributed by atoms with Gasteiger partial charge in [0.25, 0.3) is 0 Å². The highest BCUT2D eigenvalue weighted by Gasteiger charge is 2.59. The number of ether oxygens (including phenoxy) is 1. The number of fused-ring (bicyclic) bond motifs is 3. The minimum absolute atomic E-state index is 0.0590. The molecule has 0 radical (unpaired) electrons. The molecule has 0 unspecified atom stereocenters. The summed E-state index contributed by atoms with van der Waals surface area (Å²) in [6, 6.07) is 14.4. The highest BCUT2D eigenvalue weighted by molar-refractivity contribution is 5.91. The Labute approximate surface area is 154 Å². The lowest BCUT2D eigenvalue weighted by Crippen LogP contribution is -2.58. The maximum Gasteiger partial charge on any atom is 0.241 e. The molecule has 0 saturated carbocycles. The highest BCUT2D eigenvalue weighted by Crippen LogP contribution is 2.53. The first-order valence-electron chi connectivity index (χ1n) is 8.90. The summed E-state index contributed by atoms with van der Waals surface area (Å²) in [6.07, 6.45) is 4.22. The third-order valence-corrected chi connectivity index (χ3v) is 5.76. The van der Waals surface area contributed by atoms with Gasteiger partial charge in [0.15, 0.2) is 0 Å². The van der Waals surface area contributed by atoms with Crippen LogP contribution in [-0.4, -0.2) is 25.2 Å². The maximum atomic E-state index is 12.3. The van der Waals surface area contributed by atoms with Gasteiger partial charge in [0.2, 0.25) is 5.91 Å². The monoisotopic (exact) mass is 348 g/mol. The zero-order valence-electron chi connectivity index (χ0n) is 15.7. The Kier molecular flexibility index (Phi) is 3.62. The van der Waals surface area contributed by atoms with Crippen LogP contribution in [0.5, 0.6) is 5.75 Å². The molecule has 2 aromatic rings. The van der Waals surface area contributed by atoms with E-state index in [9.17, 15) is 4.79 Å². The highest BCUT2D eigenvalue weighted by atomic mass is 16.5. The lowest BCUT2D eigenvalue weighted by Gasteiger charge is -2.40. The van der Waals surface area contributed by atoms with Crippen LogP contribution in [0.1, 0.15) is 30.5 Å². The second-order valence-corrected chi connectivity index (χ2v) is 7.65. The zero-order valence-corrected chi connectivity index (χ0v) is 15.7. The summed E-state index contributed by atoms with van der Waals surface area (Å²) in [5, 5.41) is 3.25. The van der Waals surface area contributed by atoms with Crippen LogP contribution in [0, 0.1) is 6.92 Å². The summed E-state index contributed by atoms with van der Waals surface area (Å²) in [6.45, 7) is 6.90. The summed E-state index contributed by atoms with van der Waals surface area (Å²) in [5.41, 5.74) is 3.92. The fourth-order valence-corrected chi connectivity index (χ4v) is 4.22. The van der Waals surface area contributed by atoms with E-state index in [1.807, 2.05) is 24.3 Å². The quantitative estimate of drug-likeness (QED) is 0.921. The number of carbonyl (C=O) groups is 1. The number of benzene rings is 2. The van der Waals surface area contributed by atoms with Gasteiger partial charge in [0.05, 0.1) is 13.7 Å². The Balaban J connectivity index is 1.79. The van der Waals surface area contributed by atoms with E-state index >= 15 is 0 Å². The predicted octanol–water partition coefficient (Wildman–Crippen LogP) is 3.64. The van der Waals surface area contributed by atoms with Crippen molar-refractivity contribution in [2.24, 2.45) is 0 Å². The molecule has 2 aliphatic rings. The lowest BCUT2D eigenvalue weighted by molar-refractivity contribution is -0.118. The van der Waals surface area contributed by atoms with E-state index in [-0.39, 0.29) is 11.3 Å². The number of carbonyl (C=O) groups excluding carboxylic acids is 1. The average Bonchev–Trinajstić information content (AvgIpc) is 3.05. The SMILES string of the molecule is COc1ccc(/C=C/[C@]23NC(=O)CN2c2ccc(C)cc2C3(C)C)cc1. The van der Waals surface area contributed by atoms with Crippen LogP contribution in [0.25, 0.3) is 6.08 Å². The molecule has 2 aromatic carbocycles. The fraction of sp³-hybridized carbons (Fsp3) is 0.318. The van der Waals surface area contributed by atoms with E-state index < -0.39 is 5.66 Å². The fourth-order valence-electron chi connectivity index (χ4n) is 4.22.